The molecule has 0 radical (unpaired) electrons. The Labute approximate surface area is 123 Å². The maximum atomic E-state index is 11.2. The summed E-state index contributed by atoms with van der Waals surface area (Å²) in [4.78, 5) is 10.7. The fourth-order valence-corrected chi connectivity index (χ4v) is 3.29. The van der Waals surface area contributed by atoms with E-state index in [1.54, 1.807) is 12.1 Å². The van der Waals surface area contributed by atoms with E-state index in [4.69, 9.17) is 11.6 Å². The molecule has 2 rings (SSSR count). The Kier molecular flexibility index (Phi) is 4.50. The number of hydrogen-bond donors (Lipinski definition) is 2. The molecule has 110 valence electrons. The lowest BCUT2D eigenvalue weighted by Crippen LogP contribution is -2.46. The Morgan fingerprint density at radius 1 is 1.60 bits per heavy atom. The lowest BCUT2D eigenvalue weighted by Gasteiger charge is -2.40. The molecule has 1 saturated carbocycles. The van der Waals surface area contributed by atoms with E-state index in [9.17, 15) is 15.2 Å². The fraction of sp³-hybridized carbons (Fsp3) is 0.571. The molecule has 20 heavy (non-hydrogen) atoms. The van der Waals surface area contributed by atoms with Crippen molar-refractivity contribution in [3.8, 4) is 0 Å². The third-order valence-electron chi connectivity index (χ3n) is 3.96. The highest BCUT2D eigenvalue weighted by Crippen LogP contribution is 2.39. The van der Waals surface area contributed by atoms with E-state index in [-0.39, 0.29) is 17.3 Å². The molecule has 0 heterocycles. The highest BCUT2D eigenvalue weighted by Gasteiger charge is 2.36. The lowest BCUT2D eigenvalue weighted by molar-refractivity contribution is -0.383. The van der Waals surface area contributed by atoms with Crippen molar-refractivity contribution >= 4 is 23.0 Å². The normalized spacial score (nSPS) is 26.2. The maximum Gasteiger partial charge on any atom is 0.310 e. The first-order chi connectivity index (χ1) is 9.47. The number of rotatable bonds is 4. The van der Waals surface area contributed by atoms with Gasteiger partial charge in [-0.15, -0.1) is 0 Å². The standard InChI is InChI=1S/C14H19ClN2O3/c1-10-4-3-7-14(8-10,9-18)16-12-6-2-5-11(15)13(12)17(19)20/h2,5-6,10,16,18H,3-4,7-9H2,1H3. The van der Waals surface area contributed by atoms with Gasteiger partial charge in [0.2, 0.25) is 0 Å². The van der Waals surface area contributed by atoms with Gasteiger partial charge in [0.15, 0.2) is 0 Å². The van der Waals surface area contributed by atoms with Crippen LogP contribution in [-0.4, -0.2) is 22.2 Å². The zero-order valence-electron chi connectivity index (χ0n) is 11.4. The molecule has 5 nitrogen and oxygen atoms in total. The van der Waals surface area contributed by atoms with Gasteiger partial charge >= 0.3 is 5.69 Å². The molecule has 0 aliphatic heterocycles. The maximum absolute atomic E-state index is 11.2. The molecule has 6 heteroatoms. The SMILES string of the molecule is CC1CCCC(CO)(Nc2cccc(Cl)c2[N+](=O)[O-])C1. The van der Waals surface area contributed by atoms with Crippen LogP contribution in [0.4, 0.5) is 11.4 Å². The molecule has 1 aromatic rings. The largest absolute Gasteiger partial charge is 0.394 e. The molecule has 1 aromatic carbocycles. The van der Waals surface area contributed by atoms with Gasteiger partial charge in [0, 0.05) is 0 Å². The van der Waals surface area contributed by atoms with Crippen LogP contribution in [0.1, 0.15) is 32.6 Å². The van der Waals surface area contributed by atoms with Crippen LogP contribution in [0, 0.1) is 16.0 Å². The van der Waals surface area contributed by atoms with Crippen LogP contribution in [0.5, 0.6) is 0 Å². The van der Waals surface area contributed by atoms with Crippen molar-refractivity contribution in [2.45, 2.75) is 38.1 Å². The minimum atomic E-state index is -0.493. The van der Waals surface area contributed by atoms with Gasteiger partial charge in [-0.25, -0.2) is 0 Å². The van der Waals surface area contributed by atoms with E-state index in [0.717, 1.165) is 25.7 Å². The zero-order chi connectivity index (χ0) is 14.8. The fourth-order valence-electron chi connectivity index (χ4n) is 3.04. The molecule has 0 bridgehead atoms. The summed E-state index contributed by atoms with van der Waals surface area (Å²) in [7, 11) is 0. The number of halogens is 1. The average Bonchev–Trinajstić information content (AvgIpc) is 2.38. The topological polar surface area (TPSA) is 75.4 Å². The van der Waals surface area contributed by atoms with Gasteiger partial charge in [-0.05, 0) is 30.9 Å². The third kappa shape index (κ3) is 3.04. The summed E-state index contributed by atoms with van der Waals surface area (Å²) in [6.45, 7) is 2.10. The number of aliphatic hydroxyl groups excluding tert-OH is 1. The van der Waals surface area contributed by atoms with Crippen LogP contribution in [0.3, 0.4) is 0 Å². The molecular weight excluding hydrogens is 280 g/mol. The third-order valence-corrected chi connectivity index (χ3v) is 4.27. The second-order valence-corrected chi connectivity index (χ2v) is 6.07. The van der Waals surface area contributed by atoms with E-state index >= 15 is 0 Å². The zero-order valence-corrected chi connectivity index (χ0v) is 12.2. The number of hydrogen-bond acceptors (Lipinski definition) is 4. The summed E-state index contributed by atoms with van der Waals surface area (Å²) in [5.41, 5.74) is -0.238. The van der Waals surface area contributed by atoms with Gasteiger partial charge < -0.3 is 10.4 Å². The van der Waals surface area contributed by atoms with Crippen molar-refractivity contribution < 1.29 is 10.0 Å². The van der Waals surface area contributed by atoms with Gasteiger partial charge in [0.1, 0.15) is 10.7 Å². The number of para-hydroxylation sites is 1. The summed E-state index contributed by atoms with van der Waals surface area (Å²) in [6.07, 6.45) is 3.73. The van der Waals surface area contributed by atoms with Crippen molar-refractivity contribution in [3.05, 3.63) is 33.3 Å². The van der Waals surface area contributed by atoms with Crippen molar-refractivity contribution in [1.82, 2.24) is 0 Å². The molecule has 0 amide bonds. The Bertz CT molecular complexity index is 509. The van der Waals surface area contributed by atoms with Crippen molar-refractivity contribution in [3.63, 3.8) is 0 Å². The van der Waals surface area contributed by atoms with Crippen molar-refractivity contribution in [2.24, 2.45) is 5.92 Å². The van der Waals surface area contributed by atoms with E-state index in [0.29, 0.717) is 11.6 Å². The summed E-state index contributed by atoms with van der Waals surface area (Å²) in [5, 5.41) is 24.2. The molecule has 1 aliphatic rings. The monoisotopic (exact) mass is 298 g/mol. The number of anilines is 1. The molecule has 2 N–H and O–H groups in total. The first-order valence-corrected chi connectivity index (χ1v) is 7.17. The van der Waals surface area contributed by atoms with E-state index in [1.807, 2.05) is 0 Å². The molecule has 0 aromatic heterocycles. The van der Waals surface area contributed by atoms with Crippen LogP contribution in [0.25, 0.3) is 0 Å². The van der Waals surface area contributed by atoms with Gasteiger partial charge in [0.25, 0.3) is 0 Å². The number of nitro groups is 1. The molecular formula is C14H19ClN2O3. The Morgan fingerprint density at radius 2 is 2.35 bits per heavy atom. The summed E-state index contributed by atoms with van der Waals surface area (Å²) in [5.74, 6) is 0.488. The van der Waals surface area contributed by atoms with Gasteiger partial charge in [-0.2, -0.15) is 0 Å². The lowest BCUT2D eigenvalue weighted by atomic mass is 9.76. The minimum Gasteiger partial charge on any atom is -0.394 e. The van der Waals surface area contributed by atoms with E-state index in [1.165, 1.54) is 6.07 Å². The van der Waals surface area contributed by atoms with Gasteiger partial charge in [-0.1, -0.05) is 37.4 Å². The summed E-state index contributed by atoms with van der Waals surface area (Å²) < 4.78 is 0. The first-order valence-electron chi connectivity index (χ1n) is 6.79. The predicted molar refractivity (Wildman–Crippen MR) is 79.2 cm³/mol. The second kappa shape index (κ2) is 5.97. The molecule has 1 aliphatic carbocycles. The molecule has 2 atom stereocenters. The number of nitrogens with zero attached hydrogens (tertiary/aromatic N) is 1. The van der Waals surface area contributed by atoms with Crippen LogP contribution in [0.15, 0.2) is 18.2 Å². The number of aliphatic hydroxyl groups is 1. The van der Waals surface area contributed by atoms with Gasteiger partial charge in [0.05, 0.1) is 17.1 Å². The number of nitrogens with one attached hydrogen (secondary N) is 1. The first kappa shape index (κ1) is 15.1. The van der Waals surface area contributed by atoms with Crippen LogP contribution < -0.4 is 5.32 Å². The number of benzene rings is 1. The quantitative estimate of drug-likeness (QED) is 0.658. The number of nitro benzene ring substituents is 1. The Balaban J connectivity index is 2.32. The molecule has 0 saturated heterocycles. The highest BCUT2D eigenvalue weighted by molar-refractivity contribution is 6.33. The Morgan fingerprint density at radius 3 is 2.95 bits per heavy atom. The second-order valence-electron chi connectivity index (χ2n) is 5.66. The summed E-state index contributed by atoms with van der Waals surface area (Å²) >= 11 is 5.92. The molecule has 2 unspecified atom stereocenters. The molecule has 1 fully saturated rings. The predicted octanol–water partition coefficient (Wildman–Crippen LogP) is 3.60. The minimum absolute atomic E-state index is 0.0407. The highest BCUT2D eigenvalue weighted by atomic mass is 35.5. The van der Waals surface area contributed by atoms with Crippen LogP contribution in [-0.2, 0) is 0 Å². The van der Waals surface area contributed by atoms with Crippen LogP contribution >= 0.6 is 11.6 Å². The average molecular weight is 299 g/mol. The van der Waals surface area contributed by atoms with E-state index in [2.05, 4.69) is 12.2 Å². The van der Waals surface area contributed by atoms with Crippen molar-refractivity contribution in [1.29, 1.82) is 0 Å². The van der Waals surface area contributed by atoms with Crippen molar-refractivity contribution in [2.75, 3.05) is 11.9 Å². The van der Waals surface area contributed by atoms with Gasteiger partial charge in [-0.3, -0.25) is 10.1 Å². The smallest absolute Gasteiger partial charge is 0.310 e. The molecule has 0 spiro atoms. The summed E-state index contributed by atoms with van der Waals surface area (Å²) in [6, 6.07) is 4.82. The van der Waals surface area contributed by atoms with E-state index < -0.39 is 10.5 Å². The Hall–Kier alpha value is -1.33. The van der Waals surface area contributed by atoms with Crippen LogP contribution in [0.2, 0.25) is 5.02 Å².